The Morgan fingerprint density at radius 1 is 1.13 bits per heavy atom. The van der Waals surface area contributed by atoms with E-state index in [0.717, 1.165) is 23.5 Å². The number of sulfonamides is 1. The van der Waals surface area contributed by atoms with Crippen LogP contribution in [0.3, 0.4) is 0 Å². The number of benzene rings is 1. The number of nitrogens with one attached hydrogen (secondary N) is 1. The molecule has 1 fully saturated rings. The number of nitrogens with zero attached hydrogens (tertiary/aromatic N) is 1. The van der Waals surface area contributed by atoms with Crippen molar-refractivity contribution < 1.29 is 31.1 Å². The van der Waals surface area contributed by atoms with E-state index in [9.17, 15) is 26.4 Å². The number of ether oxygens (including phenoxy) is 1. The van der Waals surface area contributed by atoms with E-state index >= 15 is 0 Å². The third-order valence-electron chi connectivity index (χ3n) is 4.30. The minimum atomic E-state index is -4.41. The van der Waals surface area contributed by atoms with Gasteiger partial charge in [-0.2, -0.15) is 17.5 Å². The molecule has 1 amide bonds. The Labute approximate surface area is 176 Å². The summed E-state index contributed by atoms with van der Waals surface area (Å²) in [4.78, 5) is 12.6. The summed E-state index contributed by atoms with van der Waals surface area (Å²) >= 11 is 1.08. The van der Waals surface area contributed by atoms with Gasteiger partial charge < -0.3 is 10.1 Å². The van der Waals surface area contributed by atoms with Crippen LogP contribution in [0.4, 0.5) is 13.2 Å². The number of alkyl halides is 3. The standard InChI is InChI=1S/C19H19F3N2O4S2/c20-19(21,22)15-4-1-14(2-5-15)3-7-17(25)23-13-16-6-8-18(29-16)30(26,27)24-9-11-28-12-10-24/h1-8H,9-13H2,(H,23,25)/b7-3+. The van der Waals surface area contributed by atoms with Crippen LogP contribution in [0.15, 0.2) is 46.7 Å². The van der Waals surface area contributed by atoms with Crippen LogP contribution < -0.4 is 5.32 Å². The van der Waals surface area contributed by atoms with Crippen molar-refractivity contribution in [3.63, 3.8) is 0 Å². The topological polar surface area (TPSA) is 75.7 Å². The molecule has 0 spiro atoms. The van der Waals surface area contributed by atoms with Gasteiger partial charge in [-0.15, -0.1) is 11.3 Å². The molecule has 0 saturated carbocycles. The van der Waals surface area contributed by atoms with Crippen molar-refractivity contribution in [1.29, 1.82) is 0 Å². The number of morpholine rings is 1. The van der Waals surface area contributed by atoms with Crippen molar-refractivity contribution in [3.8, 4) is 0 Å². The van der Waals surface area contributed by atoms with Crippen LogP contribution in [0.1, 0.15) is 16.0 Å². The maximum Gasteiger partial charge on any atom is 0.416 e. The normalized spacial score (nSPS) is 16.1. The first-order valence-corrected chi connectivity index (χ1v) is 11.2. The Morgan fingerprint density at radius 2 is 1.80 bits per heavy atom. The summed E-state index contributed by atoms with van der Waals surface area (Å²) in [6.45, 7) is 1.47. The van der Waals surface area contributed by atoms with Crippen LogP contribution in [0.5, 0.6) is 0 Å². The second kappa shape index (κ2) is 9.29. The minimum Gasteiger partial charge on any atom is -0.379 e. The van der Waals surface area contributed by atoms with Crippen LogP contribution in [-0.2, 0) is 32.3 Å². The van der Waals surface area contributed by atoms with Gasteiger partial charge in [-0.25, -0.2) is 8.42 Å². The molecule has 1 aromatic carbocycles. The maximum absolute atomic E-state index is 12.6. The Morgan fingerprint density at radius 3 is 2.43 bits per heavy atom. The van der Waals surface area contributed by atoms with E-state index < -0.39 is 27.7 Å². The van der Waals surface area contributed by atoms with E-state index in [4.69, 9.17) is 4.74 Å². The van der Waals surface area contributed by atoms with Crippen molar-refractivity contribution in [1.82, 2.24) is 9.62 Å². The molecule has 6 nitrogen and oxygen atoms in total. The zero-order chi connectivity index (χ0) is 21.8. The molecule has 1 saturated heterocycles. The Hall–Kier alpha value is -2.21. The third-order valence-corrected chi connectivity index (χ3v) is 7.75. The predicted octanol–water partition coefficient (Wildman–Crippen LogP) is 3.12. The van der Waals surface area contributed by atoms with Crippen molar-refractivity contribution in [3.05, 3.63) is 58.5 Å². The van der Waals surface area contributed by atoms with Gasteiger partial charge in [0.1, 0.15) is 4.21 Å². The number of hydrogen-bond acceptors (Lipinski definition) is 5. The molecule has 1 aromatic heterocycles. The number of rotatable bonds is 6. The number of carbonyl (C=O) groups is 1. The highest BCUT2D eigenvalue weighted by Crippen LogP contribution is 2.29. The Kier molecular flexibility index (Phi) is 6.96. The van der Waals surface area contributed by atoms with Crippen LogP contribution in [-0.4, -0.2) is 44.9 Å². The molecule has 0 radical (unpaired) electrons. The summed E-state index contributed by atoms with van der Waals surface area (Å²) in [7, 11) is -3.58. The van der Waals surface area contributed by atoms with Crippen LogP contribution >= 0.6 is 11.3 Å². The number of amides is 1. The largest absolute Gasteiger partial charge is 0.416 e. The summed E-state index contributed by atoms with van der Waals surface area (Å²) in [6.07, 6.45) is -1.80. The summed E-state index contributed by atoms with van der Waals surface area (Å²) in [5, 5.41) is 2.63. The zero-order valence-electron chi connectivity index (χ0n) is 15.7. The minimum absolute atomic E-state index is 0.138. The van der Waals surface area contributed by atoms with Gasteiger partial charge in [0.2, 0.25) is 5.91 Å². The molecular weight excluding hydrogens is 441 g/mol. The van der Waals surface area contributed by atoms with Crippen LogP contribution in [0, 0.1) is 0 Å². The Bertz CT molecular complexity index is 1010. The molecule has 1 aliphatic heterocycles. The fraction of sp³-hybridized carbons (Fsp3) is 0.316. The molecule has 0 bridgehead atoms. The van der Waals surface area contributed by atoms with E-state index in [1.165, 1.54) is 34.7 Å². The highest BCUT2D eigenvalue weighted by Gasteiger charge is 2.30. The molecule has 2 heterocycles. The van der Waals surface area contributed by atoms with Crippen molar-refractivity contribution in [2.45, 2.75) is 16.9 Å². The highest BCUT2D eigenvalue weighted by atomic mass is 32.2. The fourth-order valence-electron chi connectivity index (χ4n) is 2.69. The van der Waals surface area contributed by atoms with E-state index in [0.29, 0.717) is 36.7 Å². The lowest BCUT2D eigenvalue weighted by molar-refractivity contribution is -0.137. The first-order chi connectivity index (χ1) is 14.2. The molecule has 3 rings (SSSR count). The second-order valence-corrected chi connectivity index (χ2v) is 9.74. The maximum atomic E-state index is 12.6. The molecule has 1 aliphatic rings. The van der Waals surface area contributed by atoms with Crippen LogP contribution in [0.2, 0.25) is 0 Å². The molecule has 30 heavy (non-hydrogen) atoms. The Balaban J connectivity index is 1.54. The van der Waals surface area contributed by atoms with Gasteiger partial charge in [0, 0.05) is 24.0 Å². The van der Waals surface area contributed by atoms with Gasteiger partial charge in [-0.1, -0.05) is 12.1 Å². The summed E-state index contributed by atoms with van der Waals surface area (Å²) in [5.41, 5.74) is -0.308. The summed E-state index contributed by atoms with van der Waals surface area (Å²) in [6, 6.07) is 7.58. The van der Waals surface area contributed by atoms with E-state index in [-0.39, 0.29) is 10.8 Å². The molecule has 11 heteroatoms. The summed E-state index contributed by atoms with van der Waals surface area (Å²) < 4.78 is 69.6. The average Bonchev–Trinajstić information content (AvgIpc) is 3.21. The van der Waals surface area contributed by atoms with Gasteiger partial charge in [0.25, 0.3) is 10.0 Å². The molecule has 1 N–H and O–H groups in total. The van der Waals surface area contributed by atoms with Gasteiger partial charge in [0.15, 0.2) is 0 Å². The first kappa shape index (κ1) is 22.5. The second-order valence-electron chi connectivity index (χ2n) is 6.41. The highest BCUT2D eigenvalue weighted by molar-refractivity contribution is 7.91. The smallest absolute Gasteiger partial charge is 0.379 e. The van der Waals surface area contributed by atoms with Gasteiger partial charge in [-0.05, 0) is 35.9 Å². The summed E-state index contributed by atoms with van der Waals surface area (Å²) in [5.74, 6) is -0.444. The van der Waals surface area contributed by atoms with E-state index in [2.05, 4.69) is 5.32 Å². The monoisotopic (exact) mass is 460 g/mol. The van der Waals surface area contributed by atoms with E-state index in [1.54, 1.807) is 6.07 Å². The molecule has 162 valence electrons. The first-order valence-electron chi connectivity index (χ1n) is 8.96. The lowest BCUT2D eigenvalue weighted by Crippen LogP contribution is -2.40. The molecule has 0 atom stereocenters. The van der Waals surface area contributed by atoms with Gasteiger partial charge in [0.05, 0.1) is 25.3 Å². The molecular formula is C19H19F3N2O4S2. The van der Waals surface area contributed by atoms with Crippen molar-refractivity contribution in [2.75, 3.05) is 26.3 Å². The molecule has 0 aliphatic carbocycles. The lowest BCUT2D eigenvalue weighted by atomic mass is 10.1. The lowest BCUT2D eigenvalue weighted by Gasteiger charge is -2.25. The quantitative estimate of drug-likeness (QED) is 0.673. The van der Waals surface area contributed by atoms with Crippen molar-refractivity contribution in [2.24, 2.45) is 0 Å². The fourth-order valence-corrected chi connectivity index (χ4v) is 5.55. The number of thiophene rings is 1. The number of halogens is 3. The number of carbonyl (C=O) groups excluding carboxylic acids is 1. The van der Waals surface area contributed by atoms with Crippen molar-refractivity contribution >= 4 is 33.3 Å². The van der Waals surface area contributed by atoms with Crippen LogP contribution in [0.25, 0.3) is 6.08 Å². The third kappa shape index (κ3) is 5.69. The van der Waals surface area contributed by atoms with Gasteiger partial charge in [-0.3, -0.25) is 4.79 Å². The predicted molar refractivity (Wildman–Crippen MR) is 106 cm³/mol. The van der Waals surface area contributed by atoms with Gasteiger partial charge >= 0.3 is 6.18 Å². The molecule has 2 aromatic rings. The number of hydrogen-bond donors (Lipinski definition) is 1. The average molecular weight is 460 g/mol. The van der Waals surface area contributed by atoms with E-state index in [1.807, 2.05) is 0 Å². The SMILES string of the molecule is O=C(/C=C/c1ccc(C(F)(F)F)cc1)NCc1ccc(S(=O)(=O)N2CCOCC2)s1. The molecule has 0 unspecified atom stereocenters. The zero-order valence-corrected chi connectivity index (χ0v) is 17.3.